The van der Waals surface area contributed by atoms with E-state index in [1.165, 1.54) is 6.07 Å². The molecule has 0 aliphatic heterocycles. The van der Waals surface area contributed by atoms with Crippen LogP contribution in [-0.2, 0) is 0 Å². The second-order valence-corrected chi connectivity index (χ2v) is 3.45. The molecule has 1 N–H and O–H groups in total. The van der Waals surface area contributed by atoms with Crippen LogP contribution in [0.4, 0.5) is 4.39 Å². The van der Waals surface area contributed by atoms with Crippen molar-refractivity contribution >= 4 is 0 Å². The molecule has 1 heterocycles. The predicted molar refractivity (Wildman–Crippen MR) is 63.3 cm³/mol. The van der Waals surface area contributed by atoms with Crippen molar-refractivity contribution in [2.24, 2.45) is 0 Å². The van der Waals surface area contributed by atoms with Gasteiger partial charge >= 0.3 is 0 Å². The van der Waals surface area contributed by atoms with E-state index in [0.29, 0.717) is 5.69 Å². The van der Waals surface area contributed by atoms with E-state index in [-0.39, 0.29) is 11.9 Å². The summed E-state index contributed by atoms with van der Waals surface area (Å²) in [5.41, 5.74) is 0.488. The lowest BCUT2D eigenvalue weighted by atomic mass is 10.1. The molecule has 0 bridgehead atoms. The fourth-order valence-electron chi connectivity index (χ4n) is 1.58. The van der Waals surface area contributed by atoms with Crippen LogP contribution < -0.4 is 5.32 Å². The van der Waals surface area contributed by atoms with Crippen LogP contribution >= 0.6 is 0 Å². The van der Waals surface area contributed by atoms with E-state index < -0.39 is 0 Å². The lowest BCUT2D eigenvalue weighted by Gasteiger charge is -2.16. The second kappa shape index (κ2) is 6.97. The number of hydrogen-bond acceptors (Lipinski definition) is 2. The van der Waals surface area contributed by atoms with Crippen molar-refractivity contribution in [3.63, 3.8) is 0 Å². The van der Waals surface area contributed by atoms with Crippen LogP contribution in [0, 0.1) is 17.7 Å². The Morgan fingerprint density at radius 3 is 3.00 bits per heavy atom. The summed E-state index contributed by atoms with van der Waals surface area (Å²) in [4.78, 5) is 4.09. The normalized spacial score (nSPS) is 11.7. The van der Waals surface area contributed by atoms with Crippen molar-refractivity contribution in [1.29, 1.82) is 0 Å². The van der Waals surface area contributed by atoms with Gasteiger partial charge in [0, 0.05) is 12.6 Å². The van der Waals surface area contributed by atoms with E-state index in [1.807, 2.05) is 13.8 Å². The molecule has 0 aromatic carbocycles. The minimum absolute atomic E-state index is 0.0490. The molecule has 3 heteroatoms. The van der Waals surface area contributed by atoms with E-state index in [4.69, 9.17) is 0 Å². The smallest absolute Gasteiger partial charge is 0.146 e. The van der Waals surface area contributed by atoms with E-state index in [0.717, 1.165) is 19.4 Å². The highest BCUT2D eigenvalue weighted by Gasteiger charge is 2.14. The van der Waals surface area contributed by atoms with Crippen LogP contribution in [0.25, 0.3) is 0 Å². The molecular weight excluding hydrogens is 203 g/mol. The van der Waals surface area contributed by atoms with Crippen molar-refractivity contribution in [2.75, 3.05) is 6.54 Å². The largest absolute Gasteiger partial charge is 0.309 e. The summed E-state index contributed by atoms with van der Waals surface area (Å²) in [5, 5.41) is 3.23. The van der Waals surface area contributed by atoms with Gasteiger partial charge in [-0.05, 0) is 32.0 Å². The summed E-state index contributed by atoms with van der Waals surface area (Å²) in [5.74, 6) is 5.57. The van der Waals surface area contributed by atoms with Crippen LogP contribution in [0.2, 0.25) is 0 Å². The minimum Gasteiger partial charge on any atom is -0.309 e. The summed E-state index contributed by atoms with van der Waals surface area (Å²) in [6, 6.07) is 3.00. The average Bonchev–Trinajstić information content (AvgIpc) is 2.29. The highest BCUT2D eigenvalue weighted by atomic mass is 19.1. The summed E-state index contributed by atoms with van der Waals surface area (Å²) >= 11 is 0. The minimum atomic E-state index is -0.252. The first-order chi connectivity index (χ1) is 7.79. The molecule has 0 radical (unpaired) electrons. The molecule has 0 aliphatic carbocycles. The Balaban J connectivity index is 2.75. The van der Waals surface area contributed by atoms with E-state index in [2.05, 4.69) is 22.1 Å². The zero-order valence-corrected chi connectivity index (χ0v) is 9.76. The van der Waals surface area contributed by atoms with Gasteiger partial charge in [0.2, 0.25) is 0 Å². The summed E-state index contributed by atoms with van der Waals surface area (Å²) < 4.78 is 13.5. The first-order valence-corrected chi connectivity index (χ1v) is 5.53. The Labute approximate surface area is 96.3 Å². The fraction of sp³-hybridized carbons (Fsp3) is 0.462. The third kappa shape index (κ3) is 3.63. The first kappa shape index (κ1) is 12.7. The molecule has 0 spiro atoms. The van der Waals surface area contributed by atoms with Gasteiger partial charge in [-0.15, -0.1) is 11.8 Å². The van der Waals surface area contributed by atoms with E-state index in [9.17, 15) is 4.39 Å². The van der Waals surface area contributed by atoms with Crippen molar-refractivity contribution in [1.82, 2.24) is 10.3 Å². The van der Waals surface area contributed by atoms with Crippen molar-refractivity contribution in [2.45, 2.75) is 32.7 Å². The molecule has 0 fully saturated rings. The number of hydrogen-bond donors (Lipinski definition) is 1. The lowest BCUT2D eigenvalue weighted by Crippen LogP contribution is -2.22. The molecule has 1 aromatic rings. The van der Waals surface area contributed by atoms with Crippen molar-refractivity contribution in [3.05, 3.63) is 29.8 Å². The monoisotopic (exact) mass is 220 g/mol. The highest BCUT2D eigenvalue weighted by molar-refractivity contribution is 5.12. The maximum absolute atomic E-state index is 13.5. The standard InChI is InChI=1S/C13H17FN2/c1-3-5-6-9-12(15-4-2)13-11(14)8-7-10-16-13/h7-8,10,12,15H,4,6,9H2,1-2H3. The fourth-order valence-corrected chi connectivity index (χ4v) is 1.58. The average molecular weight is 220 g/mol. The summed E-state index contributed by atoms with van der Waals surface area (Å²) in [7, 11) is 0. The van der Waals surface area contributed by atoms with Crippen LogP contribution in [0.5, 0.6) is 0 Å². The molecule has 1 aromatic heterocycles. The third-order valence-electron chi connectivity index (χ3n) is 2.30. The van der Waals surface area contributed by atoms with Gasteiger partial charge in [-0.3, -0.25) is 4.98 Å². The zero-order valence-electron chi connectivity index (χ0n) is 9.76. The third-order valence-corrected chi connectivity index (χ3v) is 2.30. The predicted octanol–water partition coefficient (Wildman–Crippen LogP) is 2.67. The molecule has 2 nitrogen and oxygen atoms in total. The highest BCUT2D eigenvalue weighted by Crippen LogP contribution is 2.18. The number of halogens is 1. The van der Waals surface area contributed by atoms with Gasteiger partial charge in [0.1, 0.15) is 5.82 Å². The Morgan fingerprint density at radius 2 is 2.38 bits per heavy atom. The Kier molecular flexibility index (Phi) is 5.52. The van der Waals surface area contributed by atoms with Crippen molar-refractivity contribution in [3.8, 4) is 11.8 Å². The Hall–Kier alpha value is -1.40. The maximum atomic E-state index is 13.5. The molecule has 1 unspecified atom stereocenters. The van der Waals surface area contributed by atoms with Crippen LogP contribution in [0.1, 0.15) is 38.4 Å². The molecule has 16 heavy (non-hydrogen) atoms. The quantitative estimate of drug-likeness (QED) is 0.772. The Morgan fingerprint density at radius 1 is 1.56 bits per heavy atom. The number of nitrogens with one attached hydrogen (secondary N) is 1. The molecular formula is C13H17FN2. The van der Waals surface area contributed by atoms with Gasteiger partial charge in [0.05, 0.1) is 11.7 Å². The number of rotatable bonds is 5. The molecule has 0 aliphatic rings. The summed E-state index contributed by atoms with van der Waals surface area (Å²) in [6.07, 6.45) is 3.15. The van der Waals surface area contributed by atoms with Crippen molar-refractivity contribution < 1.29 is 4.39 Å². The number of nitrogens with zero attached hydrogens (tertiary/aromatic N) is 1. The van der Waals surface area contributed by atoms with Gasteiger partial charge in [0.25, 0.3) is 0 Å². The molecule has 0 saturated heterocycles. The second-order valence-electron chi connectivity index (χ2n) is 3.45. The van der Waals surface area contributed by atoms with E-state index >= 15 is 0 Å². The molecule has 1 atom stereocenters. The van der Waals surface area contributed by atoms with Gasteiger partial charge in [-0.1, -0.05) is 6.92 Å². The number of pyridine rings is 1. The summed E-state index contributed by atoms with van der Waals surface area (Å²) in [6.45, 7) is 4.60. The molecule has 86 valence electrons. The first-order valence-electron chi connectivity index (χ1n) is 5.53. The van der Waals surface area contributed by atoms with Crippen LogP contribution in [0.3, 0.4) is 0 Å². The van der Waals surface area contributed by atoms with E-state index in [1.54, 1.807) is 12.3 Å². The SMILES string of the molecule is CC#CCCC(NCC)c1ncccc1F. The van der Waals surface area contributed by atoms with Gasteiger partial charge < -0.3 is 5.32 Å². The maximum Gasteiger partial charge on any atom is 0.146 e. The zero-order chi connectivity index (χ0) is 11.8. The molecule has 0 saturated carbocycles. The lowest BCUT2D eigenvalue weighted by molar-refractivity contribution is 0.476. The Bertz CT molecular complexity index is 379. The molecule has 0 amide bonds. The van der Waals surface area contributed by atoms with Gasteiger partial charge in [-0.2, -0.15) is 0 Å². The topological polar surface area (TPSA) is 24.9 Å². The number of aromatic nitrogens is 1. The molecule has 1 rings (SSSR count). The van der Waals surface area contributed by atoms with Crippen LogP contribution in [-0.4, -0.2) is 11.5 Å². The van der Waals surface area contributed by atoms with Gasteiger partial charge in [0.15, 0.2) is 0 Å². The van der Waals surface area contributed by atoms with Gasteiger partial charge in [-0.25, -0.2) is 4.39 Å². The van der Waals surface area contributed by atoms with Crippen LogP contribution in [0.15, 0.2) is 18.3 Å².